The number of aryl methyl sites for hydroxylation is 2. The molecule has 0 radical (unpaired) electrons. The standard InChI is InChI=1S/C19H26N2/c1-5-11-20-14-17-9-10-19(13-16(17)3)21(4)18-8-6-7-15(2)12-18/h6-10,12-13,20H,5,11,14H2,1-4H3. The van der Waals surface area contributed by atoms with Crippen LogP contribution in [0.4, 0.5) is 11.4 Å². The minimum Gasteiger partial charge on any atom is -0.345 e. The SMILES string of the molecule is CCCNCc1ccc(N(C)c2cccc(C)c2)cc1C. The first kappa shape index (κ1) is 15.6. The van der Waals surface area contributed by atoms with E-state index in [1.807, 2.05) is 0 Å². The Morgan fingerprint density at radius 3 is 2.43 bits per heavy atom. The van der Waals surface area contributed by atoms with Crippen molar-refractivity contribution in [3.05, 3.63) is 59.2 Å². The molecule has 112 valence electrons. The Morgan fingerprint density at radius 2 is 1.76 bits per heavy atom. The summed E-state index contributed by atoms with van der Waals surface area (Å²) in [4.78, 5) is 2.24. The van der Waals surface area contributed by atoms with Gasteiger partial charge in [0, 0.05) is 25.0 Å². The molecule has 2 aromatic rings. The van der Waals surface area contributed by atoms with Crippen LogP contribution in [0.2, 0.25) is 0 Å². The molecule has 2 aromatic carbocycles. The van der Waals surface area contributed by atoms with E-state index < -0.39 is 0 Å². The van der Waals surface area contributed by atoms with Gasteiger partial charge in [0.25, 0.3) is 0 Å². The van der Waals surface area contributed by atoms with Crippen molar-refractivity contribution in [1.29, 1.82) is 0 Å². The normalized spacial score (nSPS) is 10.7. The second-order valence-corrected chi connectivity index (χ2v) is 5.69. The van der Waals surface area contributed by atoms with Gasteiger partial charge in [0.15, 0.2) is 0 Å². The van der Waals surface area contributed by atoms with Crippen LogP contribution in [-0.4, -0.2) is 13.6 Å². The molecule has 2 rings (SSSR count). The number of nitrogens with zero attached hydrogens (tertiary/aromatic N) is 1. The molecule has 2 heteroatoms. The number of benzene rings is 2. The molecule has 0 aromatic heterocycles. The van der Waals surface area contributed by atoms with Crippen LogP contribution in [0.25, 0.3) is 0 Å². The topological polar surface area (TPSA) is 15.3 Å². The molecule has 0 aliphatic rings. The lowest BCUT2D eigenvalue weighted by atomic mass is 10.1. The van der Waals surface area contributed by atoms with Crippen LogP contribution in [0.5, 0.6) is 0 Å². The molecule has 21 heavy (non-hydrogen) atoms. The number of anilines is 2. The minimum absolute atomic E-state index is 0.952. The van der Waals surface area contributed by atoms with Gasteiger partial charge in [-0.1, -0.05) is 25.1 Å². The van der Waals surface area contributed by atoms with Crippen molar-refractivity contribution in [2.24, 2.45) is 0 Å². The van der Waals surface area contributed by atoms with Crippen LogP contribution in [0, 0.1) is 13.8 Å². The lowest BCUT2D eigenvalue weighted by molar-refractivity contribution is 0.673. The summed E-state index contributed by atoms with van der Waals surface area (Å²) in [5.41, 5.74) is 6.47. The summed E-state index contributed by atoms with van der Waals surface area (Å²) in [7, 11) is 2.12. The molecule has 0 bridgehead atoms. The third-order valence-corrected chi connectivity index (χ3v) is 3.84. The van der Waals surface area contributed by atoms with Gasteiger partial charge in [0.1, 0.15) is 0 Å². The summed E-state index contributed by atoms with van der Waals surface area (Å²) in [6.45, 7) is 8.54. The summed E-state index contributed by atoms with van der Waals surface area (Å²) in [5.74, 6) is 0. The van der Waals surface area contributed by atoms with Gasteiger partial charge in [-0.3, -0.25) is 0 Å². The summed E-state index contributed by atoms with van der Waals surface area (Å²) in [6.07, 6.45) is 1.17. The second kappa shape index (κ2) is 7.28. The maximum Gasteiger partial charge on any atom is 0.0410 e. The zero-order valence-corrected chi connectivity index (χ0v) is 13.6. The number of rotatable bonds is 6. The fourth-order valence-electron chi connectivity index (χ4n) is 2.47. The summed E-state index contributed by atoms with van der Waals surface area (Å²) < 4.78 is 0. The summed E-state index contributed by atoms with van der Waals surface area (Å²) in [6, 6.07) is 15.3. The molecule has 0 saturated heterocycles. The monoisotopic (exact) mass is 282 g/mol. The van der Waals surface area contributed by atoms with Crippen LogP contribution < -0.4 is 10.2 Å². The third-order valence-electron chi connectivity index (χ3n) is 3.84. The quantitative estimate of drug-likeness (QED) is 0.781. The molecule has 1 N–H and O–H groups in total. The van der Waals surface area contributed by atoms with Gasteiger partial charge in [0.2, 0.25) is 0 Å². The molecular formula is C19H26N2. The van der Waals surface area contributed by atoms with Gasteiger partial charge in [-0.2, -0.15) is 0 Å². The Bertz CT molecular complexity index is 590. The van der Waals surface area contributed by atoms with Crippen molar-refractivity contribution in [3.63, 3.8) is 0 Å². The van der Waals surface area contributed by atoms with Gasteiger partial charge in [-0.15, -0.1) is 0 Å². The molecule has 2 nitrogen and oxygen atoms in total. The van der Waals surface area contributed by atoms with E-state index in [1.54, 1.807) is 0 Å². The Hall–Kier alpha value is -1.80. The molecule has 0 aliphatic carbocycles. The van der Waals surface area contributed by atoms with E-state index in [4.69, 9.17) is 0 Å². The minimum atomic E-state index is 0.952. The van der Waals surface area contributed by atoms with Crippen LogP contribution >= 0.6 is 0 Å². The second-order valence-electron chi connectivity index (χ2n) is 5.69. The van der Waals surface area contributed by atoms with Gasteiger partial charge in [0.05, 0.1) is 0 Å². The van der Waals surface area contributed by atoms with E-state index in [0.717, 1.165) is 13.1 Å². The van der Waals surface area contributed by atoms with E-state index >= 15 is 0 Å². The van der Waals surface area contributed by atoms with Crippen molar-refractivity contribution < 1.29 is 0 Å². The largest absolute Gasteiger partial charge is 0.345 e. The van der Waals surface area contributed by atoms with Crippen molar-refractivity contribution in [2.75, 3.05) is 18.5 Å². The van der Waals surface area contributed by atoms with Crippen LogP contribution in [0.3, 0.4) is 0 Å². The third kappa shape index (κ3) is 4.08. The zero-order valence-electron chi connectivity index (χ0n) is 13.6. The summed E-state index contributed by atoms with van der Waals surface area (Å²) >= 11 is 0. The Labute approximate surface area is 128 Å². The zero-order chi connectivity index (χ0) is 15.2. The fourth-order valence-corrected chi connectivity index (χ4v) is 2.47. The first-order valence-electron chi connectivity index (χ1n) is 7.72. The van der Waals surface area contributed by atoms with Gasteiger partial charge in [-0.05, 0) is 67.8 Å². The molecule has 0 spiro atoms. The highest BCUT2D eigenvalue weighted by Gasteiger charge is 2.06. The highest BCUT2D eigenvalue weighted by Crippen LogP contribution is 2.26. The van der Waals surface area contributed by atoms with Crippen molar-refractivity contribution in [3.8, 4) is 0 Å². The Kier molecular flexibility index (Phi) is 5.40. The predicted molar refractivity (Wildman–Crippen MR) is 92.4 cm³/mol. The van der Waals surface area contributed by atoms with E-state index in [9.17, 15) is 0 Å². The molecule has 0 amide bonds. The van der Waals surface area contributed by atoms with Crippen LogP contribution in [0.15, 0.2) is 42.5 Å². The van der Waals surface area contributed by atoms with Crippen molar-refractivity contribution >= 4 is 11.4 Å². The van der Waals surface area contributed by atoms with Crippen molar-refractivity contribution in [2.45, 2.75) is 33.7 Å². The Balaban J connectivity index is 2.15. The maximum absolute atomic E-state index is 3.47. The molecular weight excluding hydrogens is 256 g/mol. The fraction of sp³-hybridized carbons (Fsp3) is 0.368. The first-order valence-corrected chi connectivity index (χ1v) is 7.72. The lowest BCUT2D eigenvalue weighted by Gasteiger charge is -2.21. The molecule has 0 aliphatic heterocycles. The molecule has 0 saturated carbocycles. The predicted octanol–water partition coefficient (Wildman–Crippen LogP) is 4.57. The first-order chi connectivity index (χ1) is 10.1. The summed E-state index contributed by atoms with van der Waals surface area (Å²) in [5, 5.41) is 3.47. The maximum atomic E-state index is 3.47. The average Bonchev–Trinajstić information content (AvgIpc) is 2.48. The number of hydrogen-bond acceptors (Lipinski definition) is 2. The molecule has 0 unspecified atom stereocenters. The van der Waals surface area contributed by atoms with Gasteiger partial charge < -0.3 is 10.2 Å². The molecule has 0 heterocycles. The number of hydrogen-bond donors (Lipinski definition) is 1. The van der Waals surface area contributed by atoms with E-state index in [0.29, 0.717) is 0 Å². The van der Waals surface area contributed by atoms with E-state index in [2.05, 4.69) is 80.5 Å². The lowest BCUT2D eigenvalue weighted by Crippen LogP contribution is -2.15. The highest BCUT2D eigenvalue weighted by molar-refractivity contribution is 5.64. The van der Waals surface area contributed by atoms with Crippen molar-refractivity contribution in [1.82, 2.24) is 5.32 Å². The molecule has 0 atom stereocenters. The van der Waals surface area contributed by atoms with Gasteiger partial charge in [-0.25, -0.2) is 0 Å². The van der Waals surface area contributed by atoms with Gasteiger partial charge >= 0.3 is 0 Å². The smallest absolute Gasteiger partial charge is 0.0410 e. The van der Waals surface area contributed by atoms with Crippen LogP contribution in [0.1, 0.15) is 30.0 Å². The Morgan fingerprint density at radius 1 is 1.00 bits per heavy atom. The molecule has 0 fully saturated rings. The van der Waals surface area contributed by atoms with E-state index in [-0.39, 0.29) is 0 Å². The van der Waals surface area contributed by atoms with Crippen LogP contribution in [-0.2, 0) is 6.54 Å². The van der Waals surface area contributed by atoms with E-state index in [1.165, 1.54) is 34.5 Å². The highest BCUT2D eigenvalue weighted by atomic mass is 15.1. The average molecular weight is 282 g/mol. The number of nitrogens with one attached hydrogen (secondary N) is 1.